The average molecular weight is 300 g/mol. The predicted molar refractivity (Wildman–Crippen MR) is 81.3 cm³/mol. The Balaban J connectivity index is 1.58. The van der Waals surface area contributed by atoms with Crippen LogP contribution in [0.25, 0.3) is 0 Å². The van der Waals surface area contributed by atoms with E-state index in [2.05, 4.69) is 14.9 Å². The molecule has 1 aliphatic rings. The number of nitrogens with zero attached hydrogens (tertiary/aromatic N) is 4. The lowest BCUT2D eigenvalue weighted by Gasteiger charge is -2.21. The van der Waals surface area contributed by atoms with Crippen LogP contribution in [0.5, 0.6) is 0 Å². The Labute approximate surface area is 129 Å². The fourth-order valence-corrected chi connectivity index (χ4v) is 2.66. The molecule has 6 heteroatoms. The van der Waals surface area contributed by atoms with E-state index in [1.165, 1.54) is 12.5 Å². The molecular formula is C16H20N4O2. The molecule has 0 spiro atoms. The summed E-state index contributed by atoms with van der Waals surface area (Å²) in [5, 5.41) is 0. The van der Waals surface area contributed by atoms with E-state index in [0.717, 1.165) is 50.5 Å². The monoisotopic (exact) mass is 300 g/mol. The summed E-state index contributed by atoms with van der Waals surface area (Å²) in [5.41, 5.74) is 1.74. The maximum absolute atomic E-state index is 12.3. The molecule has 0 bridgehead atoms. The van der Waals surface area contributed by atoms with Crippen molar-refractivity contribution in [2.75, 3.05) is 26.2 Å². The van der Waals surface area contributed by atoms with Crippen molar-refractivity contribution in [2.24, 2.45) is 0 Å². The highest BCUT2D eigenvalue weighted by Gasteiger charge is 2.21. The first-order valence-electron chi connectivity index (χ1n) is 7.54. The van der Waals surface area contributed by atoms with E-state index in [0.29, 0.717) is 5.56 Å². The Kier molecular flexibility index (Phi) is 4.48. The van der Waals surface area contributed by atoms with Gasteiger partial charge in [0, 0.05) is 50.7 Å². The van der Waals surface area contributed by atoms with Gasteiger partial charge in [-0.15, -0.1) is 0 Å². The molecule has 0 N–H and O–H groups in total. The third-order valence-corrected chi connectivity index (χ3v) is 3.88. The van der Waals surface area contributed by atoms with E-state index in [1.54, 1.807) is 6.07 Å². The molecule has 0 atom stereocenters. The number of carbonyl (C=O) groups is 1. The zero-order valence-electron chi connectivity index (χ0n) is 12.7. The second kappa shape index (κ2) is 6.70. The molecule has 1 saturated heterocycles. The zero-order chi connectivity index (χ0) is 15.4. The van der Waals surface area contributed by atoms with Crippen LogP contribution >= 0.6 is 0 Å². The number of rotatable bonds is 3. The van der Waals surface area contributed by atoms with Crippen LogP contribution in [0.2, 0.25) is 0 Å². The molecule has 22 heavy (non-hydrogen) atoms. The summed E-state index contributed by atoms with van der Waals surface area (Å²) < 4.78 is 5.00. The fourth-order valence-electron chi connectivity index (χ4n) is 2.66. The Morgan fingerprint density at radius 2 is 2.05 bits per heavy atom. The zero-order valence-corrected chi connectivity index (χ0v) is 12.7. The number of amides is 1. The molecule has 1 amide bonds. The van der Waals surface area contributed by atoms with E-state index in [-0.39, 0.29) is 5.91 Å². The van der Waals surface area contributed by atoms with Gasteiger partial charge in [-0.05, 0) is 19.4 Å². The smallest absolute Gasteiger partial charge is 0.257 e. The van der Waals surface area contributed by atoms with E-state index < -0.39 is 0 Å². The van der Waals surface area contributed by atoms with Gasteiger partial charge >= 0.3 is 0 Å². The summed E-state index contributed by atoms with van der Waals surface area (Å²) in [7, 11) is 0. The van der Waals surface area contributed by atoms with Gasteiger partial charge < -0.3 is 9.32 Å². The van der Waals surface area contributed by atoms with Crippen LogP contribution < -0.4 is 0 Å². The molecule has 0 unspecified atom stereocenters. The number of carbonyl (C=O) groups excluding carboxylic acids is 1. The minimum absolute atomic E-state index is 0.0502. The van der Waals surface area contributed by atoms with Crippen molar-refractivity contribution in [3.63, 3.8) is 0 Å². The molecule has 1 fully saturated rings. The van der Waals surface area contributed by atoms with Crippen LogP contribution in [0.15, 0.2) is 35.4 Å². The second-order valence-corrected chi connectivity index (χ2v) is 5.57. The Morgan fingerprint density at radius 1 is 1.23 bits per heavy atom. The molecule has 0 aliphatic carbocycles. The van der Waals surface area contributed by atoms with Crippen molar-refractivity contribution < 1.29 is 9.21 Å². The maximum Gasteiger partial charge on any atom is 0.257 e. The number of aryl methyl sites for hydroxylation is 1. The highest BCUT2D eigenvalue weighted by molar-refractivity contribution is 5.93. The third kappa shape index (κ3) is 3.51. The molecule has 2 aromatic rings. The summed E-state index contributed by atoms with van der Waals surface area (Å²) in [5.74, 6) is 0.839. The van der Waals surface area contributed by atoms with Gasteiger partial charge in [-0.2, -0.15) is 0 Å². The summed E-state index contributed by atoms with van der Waals surface area (Å²) >= 11 is 0. The van der Waals surface area contributed by atoms with Gasteiger partial charge in [0.25, 0.3) is 5.91 Å². The molecule has 1 aliphatic heterocycles. The summed E-state index contributed by atoms with van der Waals surface area (Å²) in [6.45, 7) is 6.06. The number of furan rings is 1. The highest BCUT2D eigenvalue weighted by atomic mass is 16.3. The van der Waals surface area contributed by atoms with Gasteiger partial charge in [0.15, 0.2) is 0 Å². The van der Waals surface area contributed by atoms with Crippen molar-refractivity contribution in [1.82, 2.24) is 19.8 Å². The van der Waals surface area contributed by atoms with Crippen molar-refractivity contribution in [3.8, 4) is 0 Å². The molecule has 0 aromatic carbocycles. The standard InChI is InChI=1S/C16H20N4O2/c1-13-17-9-14(10-18-13)11-19-4-2-5-20(7-6-19)16(21)15-3-8-22-12-15/h3,8-10,12H,2,4-7,11H2,1H3. The first-order chi connectivity index (χ1) is 10.7. The lowest BCUT2D eigenvalue weighted by Crippen LogP contribution is -2.34. The van der Waals surface area contributed by atoms with E-state index >= 15 is 0 Å². The Morgan fingerprint density at radius 3 is 2.77 bits per heavy atom. The van der Waals surface area contributed by atoms with Crippen LogP contribution in [0, 0.1) is 6.92 Å². The normalized spacial score (nSPS) is 16.5. The van der Waals surface area contributed by atoms with Crippen molar-refractivity contribution in [3.05, 3.63) is 47.9 Å². The van der Waals surface area contributed by atoms with Crippen LogP contribution in [-0.4, -0.2) is 51.9 Å². The summed E-state index contributed by atoms with van der Waals surface area (Å²) in [4.78, 5) is 25.1. The van der Waals surface area contributed by atoms with E-state index in [1.807, 2.05) is 24.2 Å². The van der Waals surface area contributed by atoms with Crippen molar-refractivity contribution in [2.45, 2.75) is 19.9 Å². The van der Waals surface area contributed by atoms with Gasteiger partial charge in [-0.25, -0.2) is 9.97 Å². The fraction of sp³-hybridized carbons (Fsp3) is 0.438. The minimum atomic E-state index is 0.0502. The largest absolute Gasteiger partial charge is 0.472 e. The van der Waals surface area contributed by atoms with Gasteiger partial charge in [0.1, 0.15) is 12.1 Å². The van der Waals surface area contributed by atoms with Crippen LogP contribution in [0.4, 0.5) is 0 Å². The van der Waals surface area contributed by atoms with Crippen LogP contribution in [-0.2, 0) is 6.54 Å². The molecule has 0 radical (unpaired) electrons. The van der Waals surface area contributed by atoms with E-state index in [9.17, 15) is 4.79 Å². The molecular weight excluding hydrogens is 280 g/mol. The Bertz CT molecular complexity index is 610. The number of hydrogen-bond donors (Lipinski definition) is 0. The first-order valence-corrected chi connectivity index (χ1v) is 7.54. The maximum atomic E-state index is 12.3. The molecule has 0 saturated carbocycles. The van der Waals surface area contributed by atoms with Gasteiger partial charge in [-0.3, -0.25) is 9.69 Å². The third-order valence-electron chi connectivity index (χ3n) is 3.88. The SMILES string of the molecule is Cc1ncc(CN2CCCN(C(=O)c3ccoc3)CC2)cn1. The quantitative estimate of drug-likeness (QED) is 0.864. The van der Waals surface area contributed by atoms with Crippen molar-refractivity contribution >= 4 is 5.91 Å². The van der Waals surface area contributed by atoms with Gasteiger partial charge in [0.2, 0.25) is 0 Å². The molecule has 3 rings (SSSR count). The summed E-state index contributed by atoms with van der Waals surface area (Å²) in [6, 6.07) is 1.72. The summed E-state index contributed by atoms with van der Waals surface area (Å²) in [6.07, 6.45) is 7.77. The van der Waals surface area contributed by atoms with Gasteiger partial charge in [0.05, 0.1) is 11.8 Å². The lowest BCUT2D eigenvalue weighted by molar-refractivity contribution is 0.0760. The van der Waals surface area contributed by atoms with Crippen LogP contribution in [0.1, 0.15) is 28.2 Å². The highest BCUT2D eigenvalue weighted by Crippen LogP contribution is 2.11. The number of hydrogen-bond acceptors (Lipinski definition) is 5. The molecule has 116 valence electrons. The second-order valence-electron chi connectivity index (χ2n) is 5.57. The molecule has 3 heterocycles. The minimum Gasteiger partial charge on any atom is -0.472 e. The average Bonchev–Trinajstić information content (AvgIpc) is 2.96. The molecule has 6 nitrogen and oxygen atoms in total. The number of aromatic nitrogens is 2. The predicted octanol–water partition coefficient (Wildman–Crippen LogP) is 1.73. The Hall–Kier alpha value is -2.21. The topological polar surface area (TPSA) is 62.5 Å². The molecule has 2 aromatic heterocycles. The van der Waals surface area contributed by atoms with Crippen LogP contribution in [0.3, 0.4) is 0 Å². The van der Waals surface area contributed by atoms with Gasteiger partial charge in [-0.1, -0.05) is 0 Å². The van der Waals surface area contributed by atoms with E-state index in [4.69, 9.17) is 4.42 Å². The van der Waals surface area contributed by atoms with Crippen molar-refractivity contribution in [1.29, 1.82) is 0 Å². The lowest BCUT2D eigenvalue weighted by atomic mass is 10.3. The first kappa shape index (κ1) is 14.7.